The zero-order chi connectivity index (χ0) is 20.5. The number of morpholine rings is 1. The molecule has 2 aromatic heterocycles. The van der Waals surface area contributed by atoms with E-state index in [9.17, 15) is 9.59 Å². The molecule has 2 aromatic rings. The van der Waals surface area contributed by atoms with E-state index in [-0.39, 0.29) is 17.7 Å². The molecule has 2 amide bonds. The molecule has 3 heterocycles. The molecule has 8 heteroatoms. The Morgan fingerprint density at radius 3 is 2.76 bits per heavy atom. The van der Waals surface area contributed by atoms with Crippen molar-refractivity contribution in [3.63, 3.8) is 0 Å². The SMILES string of the molecule is Cc1nn(C)c(C)c1CNC(=O)C1CCc2sc(C(=O)N3CCOCC3)cc2C1. The average molecular weight is 417 g/mol. The number of hydrogen-bond donors (Lipinski definition) is 1. The van der Waals surface area contributed by atoms with Gasteiger partial charge in [0.1, 0.15) is 0 Å². The van der Waals surface area contributed by atoms with Crippen molar-refractivity contribution >= 4 is 23.2 Å². The predicted molar refractivity (Wildman–Crippen MR) is 111 cm³/mol. The highest BCUT2D eigenvalue weighted by Gasteiger charge is 2.29. The highest BCUT2D eigenvalue weighted by atomic mass is 32.1. The molecule has 0 saturated carbocycles. The van der Waals surface area contributed by atoms with E-state index in [1.165, 1.54) is 4.88 Å². The quantitative estimate of drug-likeness (QED) is 0.827. The van der Waals surface area contributed by atoms with Gasteiger partial charge in [0.25, 0.3) is 5.91 Å². The third kappa shape index (κ3) is 4.09. The number of nitrogens with zero attached hydrogens (tertiary/aromatic N) is 3. The van der Waals surface area contributed by atoms with Crippen LogP contribution in [0.5, 0.6) is 0 Å². The monoisotopic (exact) mass is 416 g/mol. The Morgan fingerprint density at radius 2 is 2.07 bits per heavy atom. The first kappa shape index (κ1) is 20.1. The molecular weight excluding hydrogens is 388 g/mol. The molecule has 1 saturated heterocycles. The maximum absolute atomic E-state index is 12.8. The minimum atomic E-state index is -0.0410. The van der Waals surface area contributed by atoms with E-state index in [0.717, 1.165) is 40.2 Å². The van der Waals surface area contributed by atoms with E-state index in [4.69, 9.17) is 4.74 Å². The smallest absolute Gasteiger partial charge is 0.264 e. The van der Waals surface area contributed by atoms with Crippen molar-refractivity contribution in [2.45, 2.75) is 39.7 Å². The van der Waals surface area contributed by atoms with Crippen LogP contribution in [0.1, 0.15) is 43.5 Å². The van der Waals surface area contributed by atoms with Gasteiger partial charge in [0.2, 0.25) is 5.91 Å². The summed E-state index contributed by atoms with van der Waals surface area (Å²) >= 11 is 1.59. The lowest BCUT2D eigenvalue weighted by Gasteiger charge is -2.26. The van der Waals surface area contributed by atoms with Crippen molar-refractivity contribution in [1.82, 2.24) is 20.0 Å². The van der Waals surface area contributed by atoms with Gasteiger partial charge in [-0.05, 0) is 44.7 Å². The Bertz CT molecular complexity index is 927. The number of hydrogen-bond acceptors (Lipinski definition) is 5. The van der Waals surface area contributed by atoms with E-state index in [1.807, 2.05) is 36.5 Å². The van der Waals surface area contributed by atoms with Gasteiger partial charge in [-0.1, -0.05) is 0 Å². The molecule has 0 radical (unpaired) electrons. The molecule has 1 N–H and O–H groups in total. The Labute approximate surface area is 175 Å². The summed E-state index contributed by atoms with van der Waals surface area (Å²) < 4.78 is 7.19. The number of amides is 2. The lowest BCUT2D eigenvalue weighted by atomic mass is 9.87. The van der Waals surface area contributed by atoms with Gasteiger partial charge in [0.15, 0.2) is 0 Å². The largest absolute Gasteiger partial charge is 0.378 e. The summed E-state index contributed by atoms with van der Waals surface area (Å²) in [6.07, 6.45) is 2.40. The summed E-state index contributed by atoms with van der Waals surface area (Å²) in [5.41, 5.74) is 4.29. The molecule has 156 valence electrons. The molecule has 0 aromatic carbocycles. The Kier molecular flexibility index (Phi) is 5.74. The fourth-order valence-corrected chi connectivity index (χ4v) is 5.34. The van der Waals surface area contributed by atoms with Crippen LogP contribution in [0.15, 0.2) is 6.07 Å². The summed E-state index contributed by atoms with van der Waals surface area (Å²) in [5, 5.41) is 7.51. The molecule has 29 heavy (non-hydrogen) atoms. The molecule has 4 rings (SSSR count). The van der Waals surface area contributed by atoms with Gasteiger partial charge < -0.3 is 15.0 Å². The van der Waals surface area contributed by atoms with Crippen LogP contribution in [-0.2, 0) is 36.0 Å². The first-order chi connectivity index (χ1) is 13.9. The van der Waals surface area contributed by atoms with Crippen LogP contribution in [0.2, 0.25) is 0 Å². The summed E-state index contributed by atoms with van der Waals surface area (Å²) in [7, 11) is 1.92. The molecule has 1 aliphatic carbocycles. The normalized spacial score (nSPS) is 19.1. The van der Waals surface area contributed by atoms with E-state index < -0.39 is 0 Å². The van der Waals surface area contributed by atoms with Crippen LogP contribution in [-0.4, -0.2) is 52.8 Å². The number of thiophene rings is 1. The standard InChI is InChI=1S/C21H28N4O3S/c1-13-17(14(2)24(3)23-13)12-22-20(26)15-4-5-18-16(10-15)11-19(29-18)21(27)25-6-8-28-9-7-25/h11,15H,4-10,12H2,1-3H3,(H,22,26). The molecule has 1 aliphatic heterocycles. The Hall–Kier alpha value is -2.19. The second kappa shape index (κ2) is 8.28. The highest BCUT2D eigenvalue weighted by Crippen LogP contribution is 2.33. The van der Waals surface area contributed by atoms with Crippen molar-refractivity contribution in [3.8, 4) is 0 Å². The van der Waals surface area contributed by atoms with Crippen LogP contribution in [0.3, 0.4) is 0 Å². The fraction of sp³-hybridized carbons (Fsp3) is 0.571. The molecule has 0 bridgehead atoms. The number of ether oxygens (including phenoxy) is 1. The minimum absolute atomic E-state index is 0.0410. The molecular formula is C21H28N4O3S. The lowest BCUT2D eigenvalue weighted by Crippen LogP contribution is -2.40. The van der Waals surface area contributed by atoms with Crippen molar-refractivity contribution in [2.75, 3.05) is 26.3 Å². The summed E-state index contributed by atoms with van der Waals surface area (Å²) in [5.74, 6) is 0.141. The summed E-state index contributed by atoms with van der Waals surface area (Å²) in [4.78, 5) is 29.4. The van der Waals surface area contributed by atoms with E-state index in [1.54, 1.807) is 11.3 Å². The fourth-order valence-electron chi connectivity index (χ4n) is 4.17. The predicted octanol–water partition coefficient (Wildman–Crippen LogP) is 1.99. The van der Waals surface area contributed by atoms with Crippen LogP contribution in [0, 0.1) is 19.8 Å². The van der Waals surface area contributed by atoms with Gasteiger partial charge in [-0.3, -0.25) is 14.3 Å². The number of fused-ring (bicyclic) bond motifs is 1. The third-order valence-corrected chi connectivity index (χ3v) is 7.29. The van der Waals surface area contributed by atoms with Crippen molar-refractivity contribution < 1.29 is 14.3 Å². The maximum atomic E-state index is 12.8. The summed E-state index contributed by atoms with van der Waals surface area (Å²) in [6, 6.07) is 2.01. The van der Waals surface area contributed by atoms with E-state index in [0.29, 0.717) is 39.3 Å². The first-order valence-corrected chi connectivity index (χ1v) is 11.0. The number of carbonyl (C=O) groups is 2. The third-order valence-electron chi connectivity index (χ3n) is 6.06. The number of aromatic nitrogens is 2. The molecule has 7 nitrogen and oxygen atoms in total. The zero-order valence-corrected chi connectivity index (χ0v) is 18.1. The van der Waals surface area contributed by atoms with Crippen LogP contribution in [0.25, 0.3) is 0 Å². The van der Waals surface area contributed by atoms with Crippen LogP contribution in [0.4, 0.5) is 0 Å². The number of aryl methyl sites for hydroxylation is 3. The van der Waals surface area contributed by atoms with Gasteiger partial charge >= 0.3 is 0 Å². The zero-order valence-electron chi connectivity index (χ0n) is 17.3. The molecule has 1 fully saturated rings. The van der Waals surface area contributed by atoms with Crippen molar-refractivity contribution in [2.24, 2.45) is 13.0 Å². The summed E-state index contributed by atoms with van der Waals surface area (Å²) in [6.45, 7) is 7.02. The van der Waals surface area contributed by atoms with Crippen molar-refractivity contribution in [1.29, 1.82) is 0 Å². The molecule has 1 atom stereocenters. The van der Waals surface area contributed by atoms with Gasteiger partial charge in [0.05, 0.1) is 23.8 Å². The number of nitrogens with one attached hydrogen (secondary N) is 1. The van der Waals surface area contributed by atoms with E-state index >= 15 is 0 Å². The maximum Gasteiger partial charge on any atom is 0.264 e. The van der Waals surface area contributed by atoms with Gasteiger partial charge in [-0.2, -0.15) is 5.10 Å². The first-order valence-electron chi connectivity index (χ1n) is 10.2. The van der Waals surface area contributed by atoms with Crippen LogP contribution >= 0.6 is 11.3 Å². The molecule has 1 unspecified atom stereocenters. The van der Waals surface area contributed by atoms with Gasteiger partial charge in [0, 0.05) is 48.7 Å². The van der Waals surface area contributed by atoms with Crippen molar-refractivity contribution in [3.05, 3.63) is 38.3 Å². The Morgan fingerprint density at radius 1 is 1.31 bits per heavy atom. The van der Waals surface area contributed by atoms with E-state index in [2.05, 4.69) is 10.4 Å². The van der Waals surface area contributed by atoms with Gasteiger partial charge in [-0.15, -0.1) is 11.3 Å². The topological polar surface area (TPSA) is 76.5 Å². The number of carbonyl (C=O) groups excluding carboxylic acids is 2. The lowest BCUT2D eigenvalue weighted by molar-refractivity contribution is -0.125. The highest BCUT2D eigenvalue weighted by molar-refractivity contribution is 7.14. The molecule has 2 aliphatic rings. The Balaban J connectivity index is 1.38. The second-order valence-electron chi connectivity index (χ2n) is 7.89. The number of rotatable bonds is 4. The van der Waals surface area contributed by atoms with Gasteiger partial charge in [-0.25, -0.2) is 0 Å². The second-order valence-corrected chi connectivity index (χ2v) is 9.03. The minimum Gasteiger partial charge on any atom is -0.378 e. The van der Waals surface area contributed by atoms with Crippen LogP contribution < -0.4 is 5.32 Å². The molecule has 0 spiro atoms. The average Bonchev–Trinajstić information content (AvgIpc) is 3.26.